The topological polar surface area (TPSA) is 84.2 Å². The van der Waals surface area contributed by atoms with Crippen molar-refractivity contribution >= 4 is 24.2 Å². The van der Waals surface area contributed by atoms with Crippen LogP contribution in [0.15, 0.2) is 18.2 Å². The molecule has 0 spiro atoms. The largest absolute Gasteiger partial charge is 0.350 e. The molecule has 0 unspecified atom stereocenters. The number of hydrogen-bond acceptors (Lipinski definition) is 3. The predicted octanol–water partition coefficient (Wildman–Crippen LogP) is 0.0777. The quantitative estimate of drug-likeness (QED) is 0.719. The minimum absolute atomic E-state index is 0. The van der Waals surface area contributed by atoms with Gasteiger partial charge >= 0.3 is 0 Å². The van der Waals surface area contributed by atoms with Crippen LogP contribution in [-0.2, 0) is 16.1 Å². The molecule has 0 heterocycles. The van der Waals surface area contributed by atoms with Crippen molar-refractivity contribution in [3.05, 3.63) is 35.4 Å². The van der Waals surface area contributed by atoms with Crippen LogP contribution in [0.4, 0.5) is 8.78 Å². The van der Waals surface area contributed by atoms with E-state index in [2.05, 4.69) is 10.6 Å². The number of hydrogen-bond donors (Lipinski definition) is 3. The van der Waals surface area contributed by atoms with Gasteiger partial charge in [-0.3, -0.25) is 9.59 Å². The summed E-state index contributed by atoms with van der Waals surface area (Å²) in [5, 5.41) is 4.64. The number of amides is 2. The molecular formula is C11H14ClF2N3O2. The van der Waals surface area contributed by atoms with Crippen LogP contribution < -0.4 is 16.4 Å². The van der Waals surface area contributed by atoms with E-state index in [0.29, 0.717) is 0 Å². The first kappa shape index (κ1) is 17.3. The fourth-order valence-corrected chi connectivity index (χ4v) is 1.17. The molecule has 2 amide bonds. The van der Waals surface area contributed by atoms with Gasteiger partial charge in [-0.1, -0.05) is 6.07 Å². The highest BCUT2D eigenvalue weighted by Crippen LogP contribution is 2.08. The zero-order chi connectivity index (χ0) is 13.5. The molecule has 19 heavy (non-hydrogen) atoms. The molecule has 106 valence electrons. The zero-order valence-corrected chi connectivity index (χ0v) is 10.7. The summed E-state index contributed by atoms with van der Waals surface area (Å²) in [4.78, 5) is 22.0. The van der Waals surface area contributed by atoms with E-state index in [1.54, 1.807) is 0 Å². The van der Waals surface area contributed by atoms with E-state index in [1.807, 2.05) is 0 Å². The highest BCUT2D eigenvalue weighted by Gasteiger charge is 2.07. The molecule has 0 saturated heterocycles. The molecule has 0 aliphatic heterocycles. The Morgan fingerprint density at radius 3 is 2.42 bits per heavy atom. The minimum atomic E-state index is -0.735. The van der Waals surface area contributed by atoms with Crippen LogP contribution in [0.5, 0.6) is 0 Å². The summed E-state index contributed by atoms with van der Waals surface area (Å²) in [7, 11) is 0. The molecule has 1 aromatic rings. The minimum Gasteiger partial charge on any atom is -0.350 e. The van der Waals surface area contributed by atoms with Crippen molar-refractivity contribution in [2.45, 2.75) is 6.54 Å². The van der Waals surface area contributed by atoms with Gasteiger partial charge in [0.05, 0.1) is 13.1 Å². The van der Waals surface area contributed by atoms with Crippen LogP contribution in [0.2, 0.25) is 0 Å². The number of benzene rings is 1. The normalized spacial score (nSPS) is 9.42. The van der Waals surface area contributed by atoms with Crippen molar-refractivity contribution in [2.75, 3.05) is 13.1 Å². The summed E-state index contributed by atoms with van der Waals surface area (Å²) < 4.78 is 25.8. The Hall–Kier alpha value is -1.73. The molecule has 4 N–H and O–H groups in total. The third-order valence-corrected chi connectivity index (χ3v) is 2.12. The maximum atomic E-state index is 13.2. The van der Waals surface area contributed by atoms with Gasteiger partial charge in [-0.15, -0.1) is 12.4 Å². The second-order valence-electron chi connectivity index (χ2n) is 3.49. The first-order chi connectivity index (χ1) is 8.52. The van der Waals surface area contributed by atoms with Crippen LogP contribution in [0.25, 0.3) is 0 Å². The molecule has 0 aliphatic rings. The lowest BCUT2D eigenvalue weighted by Crippen LogP contribution is -2.39. The molecule has 0 aromatic heterocycles. The number of nitrogens with one attached hydrogen (secondary N) is 2. The van der Waals surface area contributed by atoms with Crippen LogP contribution in [-0.4, -0.2) is 24.9 Å². The molecule has 0 saturated carbocycles. The third kappa shape index (κ3) is 6.12. The third-order valence-electron chi connectivity index (χ3n) is 2.12. The van der Waals surface area contributed by atoms with Gasteiger partial charge in [0, 0.05) is 18.2 Å². The first-order valence-electron chi connectivity index (χ1n) is 5.20. The molecule has 0 radical (unpaired) electrons. The van der Waals surface area contributed by atoms with Gasteiger partial charge in [-0.2, -0.15) is 0 Å². The van der Waals surface area contributed by atoms with E-state index < -0.39 is 23.4 Å². The Kier molecular flexibility index (Phi) is 7.62. The maximum Gasteiger partial charge on any atom is 0.239 e. The van der Waals surface area contributed by atoms with Crippen molar-refractivity contribution in [1.29, 1.82) is 0 Å². The van der Waals surface area contributed by atoms with E-state index in [1.165, 1.54) is 6.07 Å². The highest BCUT2D eigenvalue weighted by atomic mass is 35.5. The summed E-state index contributed by atoms with van der Waals surface area (Å²) in [5.74, 6) is -2.36. The standard InChI is InChI=1S/C11H13F2N3O2.ClH/c12-8-2-1-7(9(13)3-8)5-15-11(18)6-16-10(17)4-14;/h1-3H,4-6,14H2,(H,15,18)(H,16,17);1H. The summed E-state index contributed by atoms with van der Waals surface area (Å²) in [6.07, 6.45) is 0. The molecule has 0 fully saturated rings. The van der Waals surface area contributed by atoms with E-state index >= 15 is 0 Å². The van der Waals surface area contributed by atoms with Crippen molar-refractivity contribution < 1.29 is 18.4 Å². The number of carbonyl (C=O) groups is 2. The lowest BCUT2D eigenvalue weighted by atomic mass is 10.2. The second kappa shape index (κ2) is 8.39. The summed E-state index contributed by atoms with van der Waals surface area (Å²) in [5.41, 5.74) is 5.19. The molecule has 0 atom stereocenters. The number of carbonyl (C=O) groups excluding carboxylic acids is 2. The Morgan fingerprint density at radius 1 is 1.16 bits per heavy atom. The lowest BCUT2D eigenvalue weighted by molar-refractivity contribution is -0.125. The van der Waals surface area contributed by atoms with Crippen LogP contribution >= 0.6 is 12.4 Å². The fraction of sp³-hybridized carbons (Fsp3) is 0.273. The highest BCUT2D eigenvalue weighted by molar-refractivity contribution is 5.85. The van der Waals surface area contributed by atoms with E-state index in [4.69, 9.17) is 5.73 Å². The Morgan fingerprint density at radius 2 is 1.84 bits per heavy atom. The van der Waals surface area contributed by atoms with E-state index in [9.17, 15) is 18.4 Å². The smallest absolute Gasteiger partial charge is 0.239 e. The van der Waals surface area contributed by atoms with E-state index in [-0.39, 0.29) is 37.6 Å². The molecular weight excluding hydrogens is 280 g/mol. The van der Waals surface area contributed by atoms with Crippen molar-refractivity contribution in [1.82, 2.24) is 10.6 Å². The molecule has 8 heteroatoms. The van der Waals surface area contributed by atoms with Crippen molar-refractivity contribution in [3.8, 4) is 0 Å². The predicted molar refractivity (Wildman–Crippen MR) is 67.5 cm³/mol. The molecule has 5 nitrogen and oxygen atoms in total. The van der Waals surface area contributed by atoms with Gasteiger partial charge in [0.15, 0.2) is 0 Å². The summed E-state index contributed by atoms with van der Waals surface area (Å²) in [6, 6.07) is 3.07. The number of rotatable bonds is 5. The fourth-order valence-electron chi connectivity index (χ4n) is 1.17. The Labute approximate surface area is 115 Å². The SMILES string of the molecule is Cl.NCC(=O)NCC(=O)NCc1ccc(F)cc1F. The molecule has 0 aliphatic carbocycles. The summed E-state index contributed by atoms with van der Waals surface area (Å²) in [6.45, 7) is -0.526. The van der Waals surface area contributed by atoms with E-state index in [0.717, 1.165) is 12.1 Å². The van der Waals surface area contributed by atoms with Gasteiger partial charge in [-0.05, 0) is 6.07 Å². The maximum absolute atomic E-state index is 13.2. The van der Waals surface area contributed by atoms with Gasteiger partial charge in [0.2, 0.25) is 11.8 Å². The van der Waals surface area contributed by atoms with Gasteiger partial charge in [0.1, 0.15) is 11.6 Å². The average Bonchev–Trinajstić information content (AvgIpc) is 2.34. The van der Waals surface area contributed by atoms with Crippen LogP contribution in [0.3, 0.4) is 0 Å². The Balaban J connectivity index is 0.00000324. The summed E-state index contributed by atoms with van der Waals surface area (Å²) >= 11 is 0. The number of halogens is 3. The first-order valence-corrected chi connectivity index (χ1v) is 5.20. The zero-order valence-electron chi connectivity index (χ0n) is 9.91. The molecule has 1 aromatic carbocycles. The average molecular weight is 294 g/mol. The van der Waals surface area contributed by atoms with Gasteiger partial charge in [0.25, 0.3) is 0 Å². The second-order valence-corrected chi connectivity index (χ2v) is 3.49. The lowest BCUT2D eigenvalue weighted by Gasteiger charge is -2.07. The van der Waals surface area contributed by atoms with Crippen molar-refractivity contribution in [3.63, 3.8) is 0 Å². The molecule has 0 bridgehead atoms. The van der Waals surface area contributed by atoms with Gasteiger partial charge in [-0.25, -0.2) is 8.78 Å². The van der Waals surface area contributed by atoms with Crippen LogP contribution in [0.1, 0.15) is 5.56 Å². The van der Waals surface area contributed by atoms with Crippen molar-refractivity contribution in [2.24, 2.45) is 5.73 Å². The molecule has 1 rings (SSSR count). The van der Waals surface area contributed by atoms with Gasteiger partial charge < -0.3 is 16.4 Å². The van der Waals surface area contributed by atoms with Crippen LogP contribution in [0, 0.1) is 11.6 Å². The monoisotopic (exact) mass is 293 g/mol. The Bertz CT molecular complexity index is 458. The number of nitrogens with two attached hydrogens (primary N) is 1.